The highest BCUT2D eigenvalue weighted by Gasteiger charge is 2.04. The molecule has 0 amide bonds. The summed E-state index contributed by atoms with van der Waals surface area (Å²) in [6.45, 7) is 4.31. The van der Waals surface area contributed by atoms with Gasteiger partial charge >= 0.3 is 0 Å². The molecule has 0 aromatic rings. The van der Waals surface area contributed by atoms with Crippen molar-refractivity contribution >= 4 is 0 Å². The van der Waals surface area contributed by atoms with Crippen LogP contribution in [0.3, 0.4) is 0 Å². The Bertz CT molecular complexity index is 152. The Kier molecular flexibility index (Phi) is 9.00. The van der Waals surface area contributed by atoms with Gasteiger partial charge in [-0.3, -0.25) is 0 Å². The molecular formula is C12H24O2. The average Bonchev–Trinajstić information content (AvgIpc) is 2.22. The summed E-state index contributed by atoms with van der Waals surface area (Å²) < 4.78 is 5.37. The van der Waals surface area contributed by atoms with E-state index >= 15 is 0 Å². The predicted molar refractivity (Wildman–Crippen MR) is 60.4 cm³/mol. The number of unbranched alkanes of at least 4 members (excludes halogenated alkanes) is 2. The third kappa shape index (κ3) is 7.10. The van der Waals surface area contributed by atoms with Crippen LogP contribution < -0.4 is 0 Å². The van der Waals surface area contributed by atoms with Crippen LogP contribution in [0.2, 0.25) is 0 Å². The molecule has 2 nitrogen and oxygen atoms in total. The maximum absolute atomic E-state index is 8.83. The van der Waals surface area contributed by atoms with Gasteiger partial charge in [0.1, 0.15) is 0 Å². The van der Waals surface area contributed by atoms with Gasteiger partial charge < -0.3 is 9.84 Å². The minimum absolute atomic E-state index is 0.158. The first-order chi connectivity index (χ1) is 6.74. The molecule has 0 aliphatic carbocycles. The van der Waals surface area contributed by atoms with E-state index in [1.165, 1.54) is 19.3 Å². The van der Waals surface area contributed by atoms with Crippen LogP contribution >= 0.6 is 0 Å². The number of hydrogen-bond acceptors (Lipinski definition) is 2. The van der Waals surface area contributed by atoms with E-state index in [9.17, 15) is 0 Å². The molecule has 0 saturated heterocycles. The number of rotatable bonds is 8. The van der Waals surface area contributed by atoms with Crippen molar-refractivity contribution < 1.29 is 9.84 Å². The van der Waals surface area contributed by atoms with Gasteiger partial charge in [0.05, 0.1) is 12.7 Å². The van der Waals surface area contributed by atoms with Gasteiger partial charge in [0.2, 0.25) is 0 Å². The van der Waals surface area contributed by atoms with Gasteiger partial charge in [-0.2, -0.15) is 0 Å². The molecule has 1 N–H and O–H groups in total. The Morgan fingerprint density at radius 1 is 1.43 bits per heavy atom. The van der Waals surface area contributed by atoms with Crippen LogP contribution in [-0.4, -0.2) is 24.9 Å². The van der Waals surface area contributed by atoms with E-state index in [1.54, 1.807) is 7.11 Å². The third-order valence-corrected chi connectivity index (χ3v) is 2.44. The second-order valence-electron chi connectivity index (χ2n) is 3.80. The van der Waals surface area contributed by atoms with Crippen LogP contribution in [0.5, 0.6) is 0 Å². The molecule has 0 aliphatic heterocycles. The zero-order valence-electron chi connectivity index (χ0n) is 9.75. The smallest absolute Gasteiger partial charge is 0.0639 e. The Morgan fingerprint density at radius 3 is 2.64 bits per heavy atom. The number of aliphatic hydroxyl groups is 1. The maximum atomic E-state index is 8.83. The van der Waals surface area contributed by atoms with Crippen molar-refractivity contribution in [3.05, 3.63) is 11.6 Å². The Morgan fingerprint density at radius 2 is 2.14 bits per heavy atom. The molecule has 1 atom stereocenters. The van der Waals surface area contributed by atoms with Crippen LogP contribution in [0.1, 0.15) is 46.0 Å². The zero-order valence-corrected chi connectivity index (χ0v) is 9.75. The highest BCUT2D eigenvalue weighted by atomic mass is 16.5. The summed E-state index contributed by atoms with van der Waals surface area (Å²) in [6, 6.07) is 0. The predicted octanol–water partition coefficient (Wildman–Crippen LogP) is 2.91. The first-order valence-corrected chi connectivity index (χ1v) is 5.53. The lowest BCUT2D eigenvalue weighted by Crippen LogP contribution is -2.09. The number of hydrogen-bond donors (Lipinski definition) is 1. The second kappa shape index (κ2) is 9.22. The van der Waals surface area contributed by atoms with Gasteiger partial charge in [0.25, 0.3) is 0 Å². The lowest BCUT2D eigenvalue weighted by atomic mass is 10.1. The average molecular weight is 200 g/mol. The summed E-state index contributed by atoms with van der Waals surface area (Å²) in [5, 5.41) is 8.83. The van der Waals surface area contributed by atoms with Crippen molar-refractivity contribution in [2.45, 2.75) is 52.1 Å². The van der Waals surface area contributed by atoms with E-state index < -0.39 is 0 Å². The molecule has 0 rings (SSSR count). The van der Waals surface area contributed by atoms with Gasteiger partial charge in [0.15, 0.2) is 0 Å². The summed E-state index contributed by atoms with van der Waals surface area (Å²) in [5.74, 6) is 0. The first kappa shape index (κ1) is 13.7. The molecule has 0 bridgehead atoms. The molecule has 2 heteroatoms. The summed E-state index contributed by atoms with van der Waals surface area (Å²) in [4.78, 5) is 0. The number of ether oxygens (including phenoxy) is 1. The fraction of sp³-hybridized carbons (Fsp3) is 0.833. The number of aliphatic hydroxyl groups excluding tert-OH is 1. The van der Waals surface area contributed by atoms with Crippen LogP contribution in [-0.2, 0) is 4.74 Å². The van der Waals surface area contributed by atoms with Crippen molar-refractivity contribution in [2.75, 3.05) is 13.7 Å². The molecule has 0 radical (unpaired) electrons. The zero-order chi connectivity index (χ0) is 10.8. The van der Waals surface area contributed by atoms with Gasteiger partial charge in [-0.15, -0.1) is 0 Å². The molecule has 0 heterocycles. The van der Waals surface area contributed by atoms with Crippen LogP contribution in [0.4, 0.5) is 0 Å². The summed E-state index contributed by atoms with van der Waals surface area (Å²) in [6.07, 6.45) is 8.21. The largest absolute Gasteiger partial charge is 0.392 e. The van der Waals surface area contributed by atoms with E-state index in [2.05, 4.69) is 13.0 Å². The normalized spacial score (nSPS) is 14.4. The molecule has 0 spiro atoms. The minimum atomic E-state index is 0.158. The first-order valence-electron chi connectivity index (χ1n) is 5.53. The number of methoxy groups -OCH3 is 1. The molecule has 84 valence electrons. The molecule has 0 fully saturated rings. The minimum Gasteiger partial charge on any atom is -0.392 e. The van der Waals surface area contributed by atoms with Crippen LogP contribution in [0, 0.1) is 0 Å². The van der Waals surface area contributed by atoms with E-state index in [-0.39, 0.29) is 6.61 Å². The van der Waals surface area contributed by atoms with Crippen LogP contribution in [0.15, 0.2) is 11.6 Å². The van der Waals surface area contributed by atoms with Crippen molar-refractivity contribution in [3.8, 4) is 0 Å². The molecule has 0 aromatic carbocycles. The topological polar surface area (TPSA) is 29.5 Å². The van der Waals surface area contributed by atoms with Gasteiger partial charge in [-0.25, -0.2) is 0 Å². The molecule has 1 unspecified atom stereocenters. The molecule has 0 aromatic heterocycles. The maximum Gasteiger partial charge on any atom is 0.0639 e. The van der Waals surface area contributed by atoms with Gasteiger partial charge in [-0.05, 0) is 19.8 Å². The quantitative estimate of drug-likeness (QED) is 0.482. The third-order valence-electron chi connectivity index (χ3n) is 2.44. The molecule has 0 saturated carbocycles. The van der Waals surface area contributed by atoms with Crippen LogP contribution in [0.25, 0.3) is 0 Å². The SMILES string of the molecule is CCCCCC(CC=C(C)CO)OC. The fourth-order valence-electron chi connectivity index (χ4n) is 1.35. The Balaban J connectivity index is 3.67. The van der Waals surface area contributed by atoms with Crippen molar-refractivity contribution in [1.82, 2.24) is 0 Å². The summed E-state index contributed by atoms with van der Waals surface area (Å²) in [5.41, 5.74) is 1.03. The molecule has 0 aliphatic rings. The summed E-state index contributed by atoms with van der Waals surface area (Å²) in [7, 11) is 1.76. The van der Waals surface area contributed by atoms with E-state index in [1.807, 2.05) is 6.92 Å². The Labute approximate surface area is 88.0 Å². The fourth-order valence-corrected chi connectivity index (χ4v) is 1.35. The standard InChI is InChI=1S/C12H24O2/c1-4-5-6-7-12(14-3)9-8-11(2)10-13/h8,12-13H,4-7,9-10H2,1-3H3. The lowest BCUT2D eigenvalue weighted by Gasteiger charge is -2.13. The van der Waals surface area contributed by atoms with E-state index in [4.69, 9.17) is 9.84 Å². The summed E-state index contributed by atoms with van der Waals surface area (Å²) >= 11 is 0. The van der Waals surface area contributed by atoms with Crippen molar-refractivity contribution in [3.63, 3.8) is 0 Å². The lowest BCUT2D eigenvalue weighted by molar-refractivity contribution is 0.0951. The van der Waals surface area contributed by atoms with E-state index in [0.29, 0.717) is 6.10 Å². The van der Waals surface area contributed by atoms with Gasteiger partial charge in [0, 0.05) is 7.11 Å². The monoisotopic (exact) mass is 200 g/mol. The van der Waals surface area contributed by atoms with Gasteiger partial charge in [-0.1, -0.05) is 37.8 Å². The van der Waals surface area contributed by atoms with Crippen molar-refractivity contribution in [2.24, 2.45) is 0 Å². The molecular weight excluding hydrogens is 176 g/mol. The van der Waals surface area contributed by atoms with E-state index in [0.717, 1.165) is 18.4 Å². The molecule has 14 heavy (non-hydrogen) atoms. The Hall–Kier alpha value is -0.340. The highest BCUT2D eigenvalue weighted by molar-refractivity contribution is 4.98. The highest BCUT2D eigenvalue weighted by Crippen LogP contribution is 2.11. The second-order valence-corrected chi connectivity index (χ2v) is 3.80. The van der Waals surface area contributed by atoms with Crippen molar-refractivity contribution in [1.29, 1.82) is 0 Å².